The van der Waals surface area contributed by atoms with Gasteiger partial charge in [-0.15, -0.1) is 0 Å². The molecule has 7 nitrogen and oxygen atoms in total. The second-order valence-corrected chi connectivity index (χ2v) is 5.03. The molecule has 0 atom stereocenters. The van der Waals surface area contributed by atoms with Crippen LogP contribution in [0.5, 0.6) is 0 Å². The first kappa shape index (κ1) is 12.8. The second-order valence-electron chi connectivity index (χ2n) is 4.05. The molecule has 18 heavy (non-hydrogen) atoms. The first-order valence-electron chi connectivity index (χ1n) is 5.50. The van der Waals surface area contributed by atoms with Crippen molar-refractivity contribution in [1.82, 2.24) is 25.1 Å². The zero-order valence-electron chi connectivity index (χ0n) is 10.4. The van der Waals surface area contributed by atoms with Crippen LogP contribution in [-0.2, 0) is 0 Å². The number of aromatic amines is 1. The van der Waals surface area contributed by atoms with Crippen LogP contribution in [0.4, 0.5) is 5.82 Å². The fourth-order valence-corrected chi connectivity index (χ4v) is 2.12. The number of rotatable bonds is 4. The third-order valence-electron chi connectivity index (χ3n) is 2.36. The van der Waals surface area contributed by atoms with Crippen LogP contribution in [0.15, 0.2) is 16.5 Å². The minimum atomic E-state index is 0.228. The molecule has 0 aromatic carbocycles. The lowest BCUT2D eigenvalue weighted by Gasteiger charge is -2.12. The number of H-pyrrole nitrogens is 1. The molecule has 8 heteroatoms. The number of nitrogens with zero attached hydrogens (tertiary/aromatic N) is 4. The van der Waals surface area contributed by atoms with E-state index in [2.05, 4.69) is 30.6 Å². The smallest absolute Gasteiger partial charge is 0.189 e. The summed E-state index contributed by atoms with van der Waals surface area (Å²) in [7, 11) is 0. The van der Waals surface area contributed by atoms with Crippen molar-refractivity contribution in [3.8, 4) is 0 Å². The molecule has 0 amide bonds. The molecule has 96 valence electrons. The molecule has 0 saturated heterocycles. The van der Waals surface area contributed by atoms with Gasteiger partial charge in [0.15, 0.2) is 5.16 Å². The molecule has 0 radical (unpaired) electrons. The van der Waals surface area contributed by atoms with Crippen LogP contribution in [0.25, 0.3) is 0 Å². The molecule has 2 heterocycles. The predicted octanol–water partition coefficient (Wildman–Crippen LogP) is 1.46. The van der Waals surface area contributed by atoms with Gasteiger partial charge in [-0.1, -0.05) is 13.8 Å². The van der Waals surface area contributed by atoms with Gasteiger partial charge < -0.3 is 5.43 Å². The fourth-order valence-electron chi connectivity index (χ4n) is 1.35. The van der Waals surface area contributed by atoms with E-state index in [-0.39, 0.29) is 5.92 Å². The van der Waals surface area contributed by atoms with Crippen molar-refractivity contribution in [3.63, 3.8) is 0 Å². The summed E-state index contributed by atoms with van der Waals surface area (Å²) in [5.41, 5.74) is 3.49. The fraction of sp³-hybridized carbons (Fsp3) is 0.400. The Morgan fingerprint density at radius 2 is 2.17 bits per heavy atom. The Morgan fingerprint density at radius 3 is 2.72 bits per heavy atom. The number of aromatic nitrogens is 5. The lowest BCUT2D eigenvalue weighted by molar-refractivity contribution is 0.748. The maximum absolute atomic E-state index is 5.48. The highest BCUT2D eigenvalue weighted by Gasteiger charge is 2.14. The molecule has 0 aliphatic heterocycles. The van der Waals surface area contributed by atoms with Crippen molar-refractivity contribution in [2.75, 3.05) is 5.43 Å². The number of anilines is 1. The SMILES string of the molecule is Cc1c(NN)nc(C(C)C)nc1Sc1ncn[nH]1. The van der Waals surface area contributed by atoms with Crippen molar-refractivity contribution in [3.05, 3.63) is 17.7 Å². The summed E-state index contributed by atoms with van der Waals surface area (Å²) in [4.78, 5) is 13.0. The van der Waals surface area contributed by atoms with Gasteiger partial charge >= 0.3 is 0 Å². The first-order chi connectivity index (χ1) is 8.61. The van der Waals surface area contributed by atoms with Crippen LogP contribution in [0.3, 0.4) is 0 Å². The molecule has 0 spiro atoms. The second kappa shape index (κ2) is 5.32. The van der Waals surface area contributed by atoms with E-state index in [9.17, 15) is 0 Å². The van der Waals surface area contributed by atoms with Crippen LogP contribution >= 0.6 is 11.8 Å². The third-order valence-corrected chi connectivity index (χ3v) is 3.34. The first-order valence-corrected chi connectivity index (χ1v) is 6.31. The van der Waals surface area contributed by atoms with E-state index in [0.717, 1.165) is 16.4 Å². The van der Waals surface area contributed by atoms with Crippen LogP contribution in [-0.4, -0.2) is 25.1 Å². The molecule has 0 aliphatic rings. The van der Waals surface area contributed by atoms with Gasteiger partial charge in [0.2, 0.25) is 0 Å². The number of hydrazine groups is 1. The number of nitrogens with two attached hydrogens (primary N) is 1. The minimum absolute atomic E-state index is 0.228. The van der Waals surface area contributed by atoms with E-state index in [4.69, 9.17) is 5.84 Å². The molecule has 4 N–H and O–H groups in total. The van der Waals surface area contributed by atoms with E-state index in [1.54, 1.807) is 0 Å². The van der Waals surface area contributed by atoms with E-state index in [1.807, 2.05) is 20.8 Å². The molecular formula is C10H15N7S. The van der Waals surface area contributed by atoms with Gasteiger partial charge in [0, 0.05) is 11.5 Å². The predicted molar refractivity (Wildman–Crippen MR) is 69.2 cm³/mol. The van der Waals surface area contributed by atoms with Gasteiger partial charge in [-0.05, 0) is 18.7 Å². The highest BCUT2D eigenvalue weighted by molar-refractivity contribution is 7.99. The summed E-state index contributed by atoms with van der Waals surface area (Å²) >= 11 is 1.41. The lowest BCUT2D eigenvalue weighted by Crippen LogP contribution is -2.13. The molecular weight excluding hydrogens is 250 g/mol. The van der Waals surface area contributed by atoms with Crippen molar-refractivity contribution >= 4 is 17.6 Å². The summed E-state index contributed by atoms with van der Waals surface area (Å²) < 4.78 is 0. The molecule has 0 saturated carbocycles. The summed E-state index contributed by atoms with van der Waals surface area (Å²) in [6, 6.07) is 0. The standard InChI is InChI=1S/C10H15N7S/c1-5(2)7-14-8(16-11)6(3)9(15-7)18-10-12-4-13-17-10/h4-5H,11H2,1-3H3,(H,12,13,17)(H,14,15,16). The van der Waals surface area contributed by atoms with Crippen molar-refractivity contribution < 1.29 is 0 Å². The Labute approximate surface area is 109 Å². The number of hydrogen-bond acceptors (Lipinski definition) is 7. The summed E-state index contributed by atoms with van der Waals surface area (Å²) in [5.74, 6) is 7.09. The van der Waals surface area contributed by atoms with Gasteiger partial charge in [-0.3, -0.25) is 5.10 Å². The zero-order valence-corrected chi connectivity index (χ0v) is 11.2. The number of nitrogens with one attached hydrogen (secondary N) is 2. The van der Waals surface area contributed by atoms with Gasteiger partial charge in [0.1, 0.15) is 23.0 Å². The molecule has 2 aromatic rings. The quantitative estimate of drug-likeness (QED) is 0.436. The Bertz CT molecular complexity index is 523. The molecule has 0 bridgehead atoms. The maximum Gasteiger partial charge on any atom is 0.189 e. The maximum atomic E-state index is 5.48. The highest BCUT2D eigenvalue weighted by atomic mass is 32.2. The average molecular weight is 265 g/mol. The molecule has 0 unspecified atom stereocenters. The topological polar surface area (TPSA) is 105 Å². The minimum Gasteiger partial charge on any atom is -0.308 e. The van der Waals surface area contributed by atoms with Crippen molar-refractivity contribution in [1.29, 1.82) is 0 Å². The largest absolute Gasteiger partial charge is 0.308 e. The summed E-state index contributed by atoms with van der Waals surface area (Å²) in [6.07, 6.45) is 1.46. The van der Waals surface area contributed by atoms with Crippen LogP contribution in [0.1, 0.15) is 31.2 Å². The number of hydrogen-bond donors (Lipinski definition) is 3. The summed E-state index contributed by atoms with van der Waals surface area (Å²) in [6.45, 7) is 5.99. The van der Waals surface area contributed by atoms with Gasteiger partial charge in [0.05, 0.1) is 0 Å². The van der Waals surface area contributed by atoms with E-state index < -0.39 is 0 Å². The Hall–Kier alpha value is -1.67. The third kappa shape index (κ3) is 2.59. The Kier molecular flexibility index (Phi) is 3.78. The molecule has 2 rings (SSSR count). The normalized spacial score (nSPS) is 10.9. The average Bonchev–Trinajstić information content (AvgIpc) is 2.84. The lowest BCUT2D eigenvalue weighted by atomic mass is 10.2. The van der Waals surface area contributed by atoms with E-state index in [1.165, 1.54) is 18.1 Å². The van der Waals surface area contributed by atoms with E-state index >= 15 is 0 Å². The van der Waals surface area contributed by atoms with Gasteiger partial charge in [0.25, 0.3) is 0 Å². The zero-order chi connectivity index (χ0) is 13.1. The Morgan fingerprint density at radius 1 is 1.39 bits per heavy atom. The monoisotopic (exact) mass is 265 g/mol. The van der Waals surface area contributed by atoms with Crippen LogP contribution < -0.4 is 11.3 Å². The van der Waals surface area contributed by atoms with Gasteiger partial charge in [-0.25, -0.2) is 20.8 Å². The van der Waals surface area contributed by atoms with E-state index in [0.29, 0.717) is 11.0 Å². The Balaban J connectivity index is 2.41. The molecule has 0 aliphatic carbocycles. The van der Waals surface area contributed by atoms with Crippen molar-refractivity contribution in [2.45, 2.75) is 36.9 Å². The highest BCUT2D eigenvalue weighted by Crippen LogP contribution is 2.29. The molecule has 0 fully saturated rings. The van der Waals surface area contributed by atoms with Gasteiger partial charge in [-0.2, -0.15) is 5.10 Å². The van der Waals surface area contributed by atoms with Crippen molar-refractivity contribution in [2.24, 2.45) is 5.84 Å². The number of nitrogen functional groups attached to an aromatic ring is 1. The summed E-state index contributed by atoms with van der Waals surface area (Å²) in [5, 5.41) is 8.10. The van der Waals surface area contributed by atoms with Crippen LogP contribution in [0.2, 0.25) is 0 Å². The molecule has 2 aromatic heterocycles. The van der Waals surface area contributed by atoms with Crippen LogP contribution in [0, 0.1) is 6.92 Å².